The summed E-state index contributed by atoms with van der Waals surface area (Å²) >= 11 is 1.59. The highest BCUT2D eigenvalue weighted by molar-refractivity contribution is 7.09. The lowest BCUT2D eigenvalue weighted by Gasteiger charge is -2.02. The van der Waals surface area contributed by atoms with Gasteiger partial charge in [0.15, 0.2) is 0 Å². The minimum absolute atomic E-state index is 0.205. The first-order valence-corrected chi connectivity index (χ1v) is 5.90. The van der Waals surface area contributed by atoms with Gasteiger partial charge in [0.05, 0.1) is 16.8 Å². The van der Waals surface area contributed by atoms with Crippen LogP contribution in [0.5, 0.6) is 0 Å². The Morgan fingerprint density at radius 2 is 2.24 bits per heavy atom. The second kappa shape index (κ2) is 5.51. The molecule has 0 amide bonds. The molecule has 0 aliphatic rings. The zero-order valence-electron chi connectivity index (χ0n) is 8.96. The van der Waals surface area contributed by atoms with E-state index in [0.717, 1.165) is 17.1 Å². The van der Waals surface area contributed by atoms with E-state index in [1.165, 1.54) is 6.20 Å². The largest absolute Gasteiger partial charge is 0.478 e. The highest BCUT2D eigenvalue weighted by Crippen LogP contribution is 2.05. The van der Waals surface area contributed by atoms with E-state index >= 15 is 0 Å². The Hall–Kier alpha value is -1.79. The smallest absolute Gasteiger partial charge is 0.337 e. The topological polar surface area (TPSA) is 75.1 Å². The molecule has 0 saturated heterocycles. The summed E-state index contributed by atoms with van der Waals surface area (Å²) < 4.78 is 0. The number of nitrogens with one attached hydrogen (secondary N) is 1. The van der Waals surface area contributed by atoms with Crippen molar-refractivity contribution in [1.29, 1.82) is 0 Å². The lowest BCUT2D eigenvalue weighted by molar-refractivity contribution is 0.0696. The maximum atomic E-state index is 10.6. The average molecular weight is 249 g/mol. The second-order valence-electron chi connectivity index (χ2n) is 3.41. The summed E-state index contributed by atoms with van der Waals surface area (Å²) in [6.45, 7) is 1.35. The molecule has 0 aromatic carbocycles. The molecule has 88 valence electrons. The Morgan fingerprint density at radius 3 is 2.82 bits per heavy atom. The Morgan fingerprint density at radius 1 is 1.35 bits per heavy atom. The van der Waals surface area contributed by atoms with Gasteiger partial charge in [-0.25, -0.2) is 4.79 Å². The monoisotopic (exact) mass is 249 g/mol. The van der Waals surface area contributed by atoms with Gasteiger partial charge in [-0.3, -0.25) is 9.97 Å². The van der Waals surface area contributed by atoms with E-state index in [1.54, 1.807) is 29.0 Å². The van der Waals surface area contributed by atoms with Gasteiger partial charge < -0.3 is 10.4 Å². The number of thiazole rings is 1. The Kier molecular flexibility index (Phi) is 3.79. The highest BCUT2D eigenvalue weighted by atomic mass is 32.1. The van der Waals surface area contributed by atoms with Gasteiger partial charge >= 0.3 is 5.97 Å². The fourth-order valence-electron chi connectivity index (χ4n) is 1.30. The molecule has 0 atom stereocenters. The SMILES string of the molecule is O=C(O)c1ccc(CNCc2cncs2)nc1. The van der Waals surface area contributed by atoms with Crippen LogP contribution in [-0.4, -0.2) is 21.0 Å². The molecule has 2 heterocycles. The predicted molar refractivity (Wildman–Crippen MR) is 63.9 cm³/mol. The molecular weight excluding hydrogens is 238 g/mol. The molecule has 2 rings (SSSR count). The lowest BCUT2D eigenvalue weighted by Crippen LogP contribution is -2.13. The predicted octanol–water partition coefficient (Wildman–Crippen LogP) is 1.53. The van der Waals surface area contributed by atoms with Crippen LogP contribution in [0.2, 0.25) is 0 Å². The molecule has 0 unspecified atom stereocenters. The summed E-state index contributed by atoms with van der Waals surface area (Å²) in [6, 6.07) is 3.27. The van der Waals surface area contributed by atoms with E-state index in [-0.39, 0.29) is 5.56 Å². The molecule has 5 nitrogen and oxygen atoms in total. The summed E-state index contributed by atoms with van der Waals surface area (Å²) in [6.07, 6.45) is 3.19. The normalized spacial score (nSPS) is 10.4. The fraction of sp³-hybridized carbons (Fsp3) is 0.182. The highest BCUT2D eigenvalue weighted by Gasteiger charge is 2.02. The van der Waals surface area contributed by atoms with Gasteiger partial charge in [-0.2, -0.15) is 0 Å². The van der Waals surface area contributed by atoms with Crippen molar-refractivity contribution >= 4 is 17.3 Å². The van der Waals surface area contributed by atoms with Gasteiger partial charge in [-0.05, 0) is 12.1 Å². The van der Waals surface area contributed by atoms with Crippen LogP contribution in [0.1, 0.15) is 20.9 Å². The average Bonchev–Trinajstić information content (AvgIpc) is 2.83. The van der Waals surface area contributed by atoms with Crippen molar-refractivity contribution in [1.82, 2.24) is 15.3 Å². The number of hydrogen-bond acceptors (Lipinski definition) is 5. The molecular formula is C11H11N3O2S. The van der Waals surface area contributed by atoms with Crippen molar-refractivity contribution in [2.24, 2.45) is 0 Å². The zero-order valence-corrected chi connectivity index (χ0v) is 9.78. The molecule has 0 fully saturated rings. The number of carboxylic acid groups (broad SMARTS) is 1. The Balaban J connectivity index is 1.85. The molecule has 0 radical (unpaired) electrons. The maximum Gasteiger partial charge on any atom is 0.337 e. The first-order chi connectivity index (χ1) is 8.25. The summed E-state index contributed by atoms with van der Waals surface area (Å²) in [5, 5.41) is 11.9. The third-order valence-electron chi connectivity index (χ3n) is 2.16. The minimum Gasteiger partial charge on any atom is -0.478 e. The number of nitrogens with zero attached hydrogens (tertiary/aromatic N) is 2. The van der Waals surface area contributed by atoms with Crippen molar-refractivity contribution in [3.63, 3.8) is 0 Å². The molecule has 2 aromatic heterocycles. The van der Waals surface area contributed by atoms with Gasteiger partial charge in [0, 0.05) is 30.4 Å². The lowest BCUT2D eigenvalue weighted by atomic mass is 10.2. The molecule has 0 aliphatic carbocycles. The van der Waals surface area contributed by atoms with Gasteiger partial charge in [-0.1, -0.05) is 0 Å². The molecule has 6 heteroatoms. The van der Waals surface area contributed by atoms with E-state index in [0.29, 0.717) is 6.54 Å². The van der Waals surface area contributed by atoms with E-state index in [4.69, 9.17) is 5.11 Å². The number of carboxylic acids is 1. The van der Waals surface area contributed by atoms with Crippen LogP contribution < -0.4 is 5.32 Å². The van der Waals surface area contributed by atoms with E-state index in [2.05, 4.69) is 15.3 Å². The van der Waals surface area contributed by atoms with Crippen molar-refractivity contribution in [3.8, 4) is 0 Å². The van der Waals surface area contributed by atoms with E-state index in [1.807, 2.05) is 6.20 Å². The van der Waals surface area contributed by atoms with Crippen LogP contribution in [0.25, 0.3) is 0 Å². The number of hydrogen-bond donors (Lipinski definition) is 2. The van der Waals surface area contributed by atoms with E-state index in [9.17, 15) is 4.79 Å². The van der Waals surface area contributed by atoms with Crippen LogP contribution in [0, 0.1) is 0 Å². The molecule has 0 saturated carbocycles. The van der Waals surface area contributed by atoms with Crippen molar-refractivity contribution in [2.75, 3.05) is 0 Å². The van der Waals surface area contributed by atoms with Crippen LogP contribution in [0.4, 0.5) is 0 Å². The zero-order chi connectivity index (χ0) is 12.1. The van der Waals surface area contributed by atoms with Crippen LogP contribution in [0.15, 0.2) is 30.0 Å². The minimum atomic E-state index is -0.957. The number of rotatable bonds is 5. The summed E-state index contributed by atoms with van der Waals surface area (Å²) in [7, 11) is 0. The quantitative estimate of drug-likeness (QED) is 0.840. The van der Waals surface area contributed by atoms with Crippen LogP contribution >= 0.6 is 11.3 Å². The fourth-order valence-corrected chi connectivity index (χ4v) is 1.86. The molecule has 0 bridgehead atoms. The van der Waals surface area contributed by atoms with Crippen LogP contribution in [0.3, 0.4) is 0 Å². The van der Waals surface area contributed by atoms with Crippen molar-refractivity contribution in [3.05, 3.63) is 46.2 Å². The van der Waals surface area contributed by atoms with Crippen molar-refractivity contribution in [2.45, 2.75) is 13.1 Å². The molecule has 0 aliphatic heterocycles. The molecule has 17 heavy (non-hydrogen) atoms. The first kappa shape index (κ1) is 11.7. The van der Waals surface area contributed by atoms with Gasteiger partial charge in [0.1, 0.15) is 0 Å². The number of aromatic nitrogens is 2. The van der Waals surface area contributed by atoms with Crippen molar-refractivity contribution < 1.29 is 9.90 Å². The second-order valence-corrected chi connectivity index (χ2v) is 4.39. The van der Waals surface area contributed by atoms with Gasteiger partial charge in [0.25, 0.3) is 0 Å². The Bertz CT molecular complexity index is 482. The number of carbonyl (C=O) groups is 1. The van der Waals surface area contributed by atoms with E-state index < -0.39 is 5.97 Å². The molecule has 0 spiro atoms. The van der Waals surface area contributed by atoms with Gasteiger partial charge in [0.2, 0.25) is 0 Å². The first-order valence-electron chi connectivity index (χ1n) is 5.02. The number of pyridine rings is 1. The third-order valence-corrected chi connectivity index (χ3v) is 2.94. The number of aromatic carboxylic acids is 1. The van der Waals surface area contributed by atoms with Crippen LogP contribution in [-0.2, 0) is 13.1 Å². The standard InChI is InChI=1S/C11H11N3O2S/c15-11(16)8-1-2-9(14-3-8)4-12-5-10-6-13-7-17-10/h1-3,6-7,12H,4-5H2,(H,15,16). The summed E-state index contributed by atoms with van der Waals surface area (Å²) in [5.74, 6) is -0.957. The van der Waals surface area contributed by atoms with Gasteiger partial charge in [-0.15, -0.1) is 11.3 Å². The Labute approximate surface area is 102 Å². The summed E-state index contributed by atoms with van der Waals surface area (Å²) in [4.78, 5) is 19.8. The third kappa shape index (κ3) is 3.33. The maximum absolute atomic E-state index is 10.6. The molecule has 2 N–H and O–H groups in total. The molecule has 2 aromatic rings. The summed E-state index contributed by atoms with van der Waals surface area (Å²) in [5.41, 5.74) is 2.81.